The summed E-state index contributed by atoms with van der Waals surface area (Å²) in [6.07, 6.45) is -0.0378. The molecule has 0 saturated carbocycles. The number of H-pyrrole nitrogens is 1. The van der Waals surface area contributed by atoms with Crippen molar-refractivity contribution in [2.24, 2.45) is 0 Å². The summed E-state index contributed by atoms with van der Waals surface area (Å²) in [6.45, 7) is 0. The number of ether oxygens (including phenoxy) is 1. The van der Waals surface area contributed by atoms with Gasteiger partial charge in [-0.1, -0.05) is 18.2 Å². The summed E-state index contributed by atoms with van der Waals surface area (Å²) < 4.78 is 4.54. The van der Waals surface area contributed by atoms with Gasteiger partial charge in [0.25, 0.3) is 5.56 Å². The lowest BCUT2D eigenvalue weighted by Gasteiger charge is -2.06. The van der Waals surface area contributed by atoms with Crippen LogP contribution in [0.15, 0.2) is 41.2 Å². The Kier molecular flexibility index (Phi) is 3.92. The highest BCUT2D eigenvalue weighted by molar-refractivity contribution is 5.71. The molecule has 0 atom stereocenters. The van der Waals surface area contributed by atoms with E-state index >= 15 is 0 Å². The van der Waals surface area contributed by atoms with Crippen molar-refractivity contribution in [3.63, 3.8) is 0 Å². The number of aromatic nitrogens is 2. The van der Waals surface area contributed by atoms with E-state index in [9.17, 15) is 9.59 Å². The Morgan fingerprint density at radius 1 is 1.37 bits per heavy atom. The van der Waals surface area contributed by atoms with Crippen LogP contribution in [0.3, 0.4) is 0 Å². The topological polar surface area (TPSA) is 84.1 Å². The first-order valence-corrected chi connectivity index (χ1v) is 5.66. The molecule has 0 bridgehead atoms. The van der Waals surface area contributed by atoms with Crippen molar-refractivity contribution in [1.29, 1.82) is 0 Å². The van der Waals surface area contributed by atoms with Crippen molar-refractivity contribution in [2.45, 2.75) is 6.42 Å². The minimum Gasteiger partial charge on any atom is -0.469 e. The van der Waals surface area contributed by atoms with Crippen molar-refractivity contribution in [3.8, 4) is 0 Å². The van der Waals surface area contributed by atoms with Crippen LogP contribution in [-0.4, -0.2) is 23.0 Å². The molecule has 0 radical (unpaired) electrons. The molecule has 98 valence electrons. The summed E-state index contributed by atoms with van der Waals surface area (Å²) in [7, 11) is 1.29. The zero-order valence-corrected chi connectivity index (χ0v) is 10.3. The average Bonchev–Trinajstić information content (AvgIpc) is 2.39. The number of anilines is 2. The number of aromatic amines is 1. The van der Waals surface area contributed by atoms with E-state index < -0.39 is 5.97 Å². The fourth-order valence-corrected chi connectivity index (χ4v) is 1.54. The van der Waals surface area contributed by atoms with Gasteiger partial charge in [-0.3, -0.25) is 14.6 Å². The van der Waals surface area contributed by atoms with Gasteiger partial charge in [0.05, 0.1) is 19.2 Å². The molecule has 0 amide bonds. The number of carbonyl (C=O) groups excluding carboxylic acids is 1. The number of hydrogen-bond donors (Lipinski definition) is 2. The molecule has 0 aliphatic heterocycles. The van der Waals surface area contributed by atoms with Crippen molar-refractivity contribution >= 4 is 17.6 Å². The van der Waals surface area contributed by atoms with Crippen LogP contribution in [0.25, 0.3) is 0 Å². The summed E-state index contributed by atoms with van der Waals surface area (Å²) in [5.74, 6) is -0.152. The molecule has 0 saturated heterocycles. The van der Waals surface area contributed by atoms with Gasteiger partial charge < -0.3 is 10.1 Å². The lowest BCUT2D eigenvalue weighted by atomic mass is 10.3. The Bertz CT molecular complexity index is 623. The van der Waals surface area contributed by atoms with E-state index in [0.717, 1.165) is 5.69 Å². The Morgan fingerprint density at radius 3 is 2.79 bits per heavy atom. The molecular weight excluding hydrogens is 246 g/mol. The second-order valence-corrected chi connectivity index (χ2v) is 3.83. The molecule has 19 heavy (non-hydrogen) atoms. The maximum Gasteiger partial charge on any atom is 0.311 e. The van der Waals surface area contributed by atoms with Crippen LogP contribution >= 0.6 is 0 Å². The normalized spacial score (nSPS) is 9.95. The molecule has 2 N–H and O–H groups in total. The van der Waals surface area contributed by atoms with E-state index in [1.807, 2.05) is 30.3 Å². The fraction of sp³-hybridized carbons (Fsp3) is 0.154. The Balaban J connectivity index is 2.22. The van der Waals surface area contributed by atoms with Crippen molar-refractivity contribution < 1.29 is 9.53 Å². The molecule has 6 heteroatoms. The van der Waals surface area contributed by atoms with Crippen molar-refractivity contribution in [1.82, 2.24) is 9.97 Å². The molecule has 1 aromatic heterocycles. The van der Waals surface area contributed by atoms with Crippen LogP contribution < -0.4 is 10.9 Å². The monoisotopic (exact) mass is 259 g/mol. The quantitative estimate of drug-likeness (QED) is 0.807. The summed E-state index contributed by atoms with van der Waals surface area (Å²) in [6, 6.07) is 10.6. The highest BCUT2D eigenvalue weighted by Gasteiger charge is 2.07. The molecule has 0 unspecified atom stereocenters. The molecule has 6 nitrogen and oxygen atoms in total. The molecule has 1 heterocycles. The van der Waals surface area contributed by atoms with Crippen molar-refractivity contribution in [3.05, 3.63) is 52.4 Å². The first kappa shape index (κ1) is 12.8. The van der Waals surface area contributed by atoms with Crippen LogP contribution in [0.1, 0.15) is 5.69 Å². The average molecular weight is 259 g/mol. The third-order valence-corrected chi connectivity index (χ3v) is 2.38. The van der Waals surface area contributed by atoms with E-state index in [4.69, 9.17) is 0 Å². The van der Waals surface area contributed by atoms with Crippen LogP contribution in [0.2, 0.25) is 0 Å². The molecule has 2 rings (SSSR count). The fourth-order valence-electron chi connectivity index (χ4n) is 1.54. The van der Waals surface area contributed by atoms with Gasteiger partial charge in [-0.05, 0) is 12.1 Å². The number of nitrogens with zero attached hydrogens (tertiary/aromatic N) is 1. The molecule has 2 aromatic rings. The van der Waals surface area contributed by atoms with E-state index in [2.05, 4.69) is 20.0 Å². The smallest absolute Gasteiger partial charge is 0.311 e. The summed E-state index contributed by atoms with van der Waals surface area (Å²) in [5, 5.41) is 2.96. The third-order valence-electron chi connectivity index (χ3n) is 2.38. The largest absolute Gasteiger partial charge is 0.469 e. The van der Waals surface area contributed by atoms with Gasteiger partial charge in [-0.25, -0.2) is 4.98 Å². The number of esters is 1. The van der Waals surface area contributed by atoms with Gasteiger partial charge >= 0.3 is 5.97 Å². The van der Waals surface area contributed by atoms with Crippen LogP contribution in [-0.2, 0) is 16.0 Å². The van der Waals surface area contributed by atoms with Gasteiger partial charge in [0.2, 0.25) is 5.95 Å². The molecule has 0 fully saturated rings. The number of nitrogens with one attached hydrogen (secondary N) is 2. The number of para-hydroxylation sites is 1. The lowest BCUT2D eigenvalue weighted by molar-refractivity contribution is -0.139. The molecule has 0 spiro atoms. The first-order valence-electron chi connectivity index (χ1n) is 5.66. The second-order valence-electron chi connectivity index (χ2n) is 3.83. The number of benzene rings is 1. The van der Waals surface area contributed by atoms with Gasteiger partial charge in [0.1, 0.15) is 0 Å². The first-order chi connectivity index (χ1) is 9.17. The lowest BCUT2D eigenvalue weighted by Crippen LogP contribution is -2.15. The van der Waals surface area contributed by atoms with Gasteiger partial charge in [0.15, 0.2) is 0 Å². The third kappa shape index (κ3) is 3.67. The van der Waals surface area contributed by atoms with E-state index in [-0.39, 0.29) is 17.9 Å². The van der Waals surface area contributed by atoms with Crippen molar-refractivity contribution in [2.75, 3.05) is 12.4 Å². The minimum absolute atomic E-state index is 0.0378. The standard InChI is InChI=1S/C13H13N3O3/c1-19-12(18)8-10-7-11(17)16-13(15-10)14-9-5-3-2-4-6-9/h2-7H,8H2,1H3,(H2,14,15,16,17). The highest BCUT2D eigenvalue weighted by Crippen LogP contribution is 2.10. The van der Waals surface area contributed by atoms with Gasteiger partial charge in [0, 0.05) is 11.8 Å². The number of rotatable bonds is 4. The summed E-state index contributed by atoms with van der Waals surface area (Å²) in [5.41, 5.74) is 0.822. The Labute approximate surface area is 109 Å². The predicted octanol–water partition coefficient (Wildman–Crippen LogP) is 1.23. The molecule has 1 aromatic carbocycles. The van der Waals surface area contributed by atoms with E-state index in [0.29, 0.717) is 5.69 Å². The minimum atomic E-state index is -0.441. The number of methoxy groups -OCH3 is 1. The van der Waals surface area contributed by atoms with Gasteiger partial charge in [-0.15, -0.1) is 0 Å². The van der Waals surface area contributed by atoms with Crippen LogP contribution in [0.4, 0.5) is 11.6 Å². The number of hydrogen-bond acceptors (Lipinski definition) is 5. The summed E-state index contributed by atoms with van der Waals surface area (Å²) >= 11 is 0. The van der Waals surface area contributed by atoms with E-state index in [1.165, 1.54) is 13.2 Å². The maximum absolute atomic E-state index is 11.5. The summed E-state index contributed by atoms with van der Waals surface area (Å²) in [4.78, 5) is 29.4. The predicted molar refractivity (Wildman–Crippen MR) is 70.3 cm³/mol. The Hall–Kier alpha value is -2.63. The molecule has 0 aliphatic rings. The van der Waals surface area contributed by atoms with E-state index in [1.54, 1.807) is 0 Å². The Morgan fingerprint density at radius 2 is 2.11 bits per heavy atom. The molecule has 0 aliphatic carbocycles. The zero-order valence-electron chi connectivity index (χ0n) is 10.3. The molecular formula is C13H13N3O3. The van der Waals surface area contributed by atoms with Crippen LogP contribution in [0.5, 0.6) is 0 Å². The zero-order chi connectivity index (χ0) is 13.7. The maximum atomic E-state index is 11.5. The second kappa shape index (κ2) is 5.81. The SMILES string of the molecule is COC(=O)Cc1cc(=O)[nH]c(Nc2ccccc2)n1. The highest BCUT2D eigenvalue weighted by atomic mass is 16.5. The van der Waals surface area contributed by atoms with Crippen LogP contribution in [0, 0.1) is 0 Å². The van der Waals surface area contributed by atoms with Gasteiger partial charge in [-0.2, -0.15) is 0 Å². The number of carbonyl (C=O) groups is 1.